The Morgan fingerprint density at radius 1 is 1.29 bits per heavy atom. The molecule has 0 heterocycles. The maximum absolute atomic E-state index is 13.2. The van der Waals surface area contributed by atoms with Gasteiger partial charge in [0.05, 0.1) is 12.1 Å². The van der Waals surface area contributed by atoms with Gasteiger partial charge in [-0.1, -0.05) is 24.3 Å². The molecule has 7 N–H and O–H groups in total. The lowest BCUT2D eigenvalue weighted by molar-refractivity contribution is -0.118. The SMILES string of the molecule is CN=C(C(=O)NC(C)(CO)C(N)O)c1cc(OCc2ccccc2C(F)F)ccc1N. The van der Waals surface area contributed by atoms with Crippen molar-refractivity contribution in [3.63, 3.8) is 0 Å². The molecule has 0 aliphatic heterocycles. The largest absolute Gasteiger partial charge is 0.489 e. The normalized spacial score (nSPS) is 14.8. The first kappa shape index (κ1) is 24.2. The van der Waals surface area contributed by atoms with E-state index in [1.807, 2.05) is 0 Å². The van der Waals surface area contributed by atoms with Crippen LogP contribution >= 0.6 is 0 Å². The van der Waals surface area contributed by atoms with E-state index in [0.29, 0.717) is 5.56 Å². The zero-order valence-electron chi connectivity index (χ0n) is 17.2. The predicted molar refractivity (Wildman–Crippen MR) is 113 cm³/mol. The average molecular weight is 436 g/mol. The highest BCUT2D eigenvalue weighted by atomic mass is 19.3. The zero-order valence-corrected chi connectivity index (χ0v) is 17.2. The van der Waals surface area contributed by atoms with E-state index in [2.05, 4.69) is 10.3 Å². The molecular weight excluding hydrogens is 410 g/mol. The van der Waals surface area contributed by atoms with E-state index in [9.17, 15) is 23.8 Å². The van der Waals surface area contributed by atoms with Crippen LogP contribution in [0.25, 0.3) is 0 Å². The lowest BCUT2D eigenvalue weighted by atomic mass is 10.00. The molecule has 2 unspecified atom stereocenters. The molecule has 0 saturated heterocycles. The number of carbonyl (C=O) groups excluding carboxylic acids is 1. The topological polar surface area (TPSA) is 143 Å². The molecular formula is C21H26F2N4O4. The summed E-state index contributed by atoms with van der Waals surface area (Å²) in [5, 5.41) is 21.6. The Bertz CT molecular complexity index is 953. The molecule has 0 bridgehead atoms. The van der Waals surface area contributed by atoms with Crippen LogP contribution in [0.4, 0.5) is 14.5 Å². The molecule has 1 amide bonds. The number of aliphatic hydroxyl groups is 2. The molecule has 2 rings (SSSR count). The Hall–Kier alpha value is -3.08. The number of carbonyl (C=O) groups is 1. The highest BCUT2D eigenvalue weighted by molar-refractivity contribution is 6.46. The summed E-state index contributed by atoms with van der Waals surface area (Å²) in [5.41, 5.74) is 10.5. The van der Waals surface area contributed by atoms with Gasteiger partial charge in [-0.15, -0.1) is 0 Å². The first-order valence-corrected chi connectivity index (χ1v) is 9.35. The number of aliphatic imine (C=N–C) groups is 1. The fourth-order valence-corrected chi connectivity index (χ4v) is 2.74. The molecule has 0 aliphatic carbocycles. The van der Waals surface area contributed by atoms with Crippen LogP contribution in [0.5, 0.6) is 5.75 Å². The Morgan fingerprint density at radius 3 is 2.55 bits per heavy atom. The molecule has 10 heteroatoms. The number of halogens is 2. The first-order chi connectivity index (χ1) is 14.6. The first-order valence-electron chi connectivity index (χ1n) is 9.35. The standard InChI is InChI=1S/C21H26F2N4O4/c1-21(11-28,20(25)30)27-19(29)17(26-2)15-9-13(7-8-16(15)24)31-10-12-5-3-4-6-14(12)18(22)23/h3-9,18,20,28,30H,10-11,24-25H2,1-2H3,(H,27,29). The molecule has 2 aromatic carbocycles. The fourth-order valence-electron chi connectivity index (χ4n) is 2.74. The Morgan fingerprint density at radius 2 is 1.97 bits per heavy atom. The van der Waals surface area contributed by atoms with Crippen LogP contribution < -0.4 is 21.5 Å². The van der Waals surface area contributed by atoms with Crippen molar-refractivity contribution in [3.8, 4) is 5.75 Å². The third-order valence-electron chi connectivity index (χ3n) is 4.78. The average Bonchev–Trinajstić information content (AvgIpc) is 2.74. The number of nitrogens with zero attached hydrogens (tertiary/aromatic N) is 1. The number of nitrogens with two attached hydrogens (primary N) is 2. The zero-order chi connectivity index (χ0) is 23.2. The summed E-state index contributed by atoms with van der Waals surface area (Å²) < 4.78 is 31.9. The summed E-state index contributed by atoms with van der Waals surface area (Å²) in [4.78, 5) is 16.7. The Kier molecular flexibility index (Phi) is 8.03. The van der Waals surface area contributed by atoms with Crippen molar-refractivity contribution in [3.05, 3.63) is 59.2 Å². The van der Waals surface area contributed by atoms with Gasteiger partial charge in [-0.25, -0.2) is 8.78 Å². The highest BCUT2D eigenvalue weighted by Gasteiger charge is 2.33. The summed E-state index contributed by atoms with van der Waals surface area (Å²) in [6.45, 7) is 0.637. The van der Waals surface area contributed by atoms with Crippen LogP contribution in [0.3, 0.4) is 0 Å². The van der Waals surface area contributed by atoms with Crippen molar-refractivity contribution in [2.45, 2.75) is 31.7 Å². The number of ether oxygens (including phenoxy) is 1. The van der Waals surface area contributed by atoms with Gasteiger partial charge in [0.2, 0.25) is 0 Å². The van der Waals surface area contributed by atoms with Crippen molar-refractivity contribution in [2.24, 2.45) is 10.7 Å². The van der Waals surface area contributed by atoms with Crippen LogP contribution in [0.15, 0.2) is 47.5 Å². The molecule has 0 saturated carbocycles. The smallest absolute Gasteiger partial charge is 0.270 e. The second-order valence-corrected chi connectivity index (χ2v) is 7.08. The maximum Gasteiger partial charge on any atom is 0.270 e. The van der Waals surface area contributed by atoms with Gasteiger partial charge in [0.1, 0.15) is 24.3 Å². The molecule has 0 aliphatic rings. The van der Waals surface area contributed by atoms with Gasteiger partial charge in [-0.05, 0) is 30.7 Å². The van der Waals surface area contributed by atoms with E-state index in [1.54, 1.807) is 12.1 Å². The molecule has 2 atom stereocenters. The second kappa shape index (κ2) is 10.3. The van der Waals surface area contributed by atoms with E-state index >= 15 is 0 Å². The fraction of sp³-hybridized carbons (Fsp3) is 0.333. The van der Waals surface area contributed by atoms with Crippen molar-refractivity contribution in [2.75, 3.05) is 19.4 Å². The van der Waals surface area contributed by atoms with Gasteiger partial charge in [-0.2, -0.15) is 0 Å². The quantitative estimate of drug-likeness (QED) is 0.228. The number of anilines is 1. The maximum atomic E-state index is 13.2. The van der Waals surface area contributed by atoms with Crippen molar-refractivity contribution < 1.29 is 28.5 Å². The van der Waals surface area contributed by atoms with Gasteiger partial charge in [-0.3, -0.25) is 9.79 Å². The summed E-state index contributed by atoms with van der Waals surface area (Å²) in [5.74, 6) is -0.443. The summed E-state index contributed by atoms with van der Waals surface area (Å²) >= 11 is 0. The number of hydrogen-bond acceptors (Lipinski definition) is 7. The van der Waals surface area contributed by atoms with Crippen molar-refractivity contribution in [1.82, 2.24) is 5.32 Å². The van der Waals surface area contributed by atoms with Crippen LogP contribution in [-0.4, -0.2) is 47.3 Å². The molecule has 0 radical (unpaired) electrons. The number of aliphatic hydroxyl groups excluding tert-OH is 2. The third-order valence-corrected chi connectivity index (χ3v) is 4.78. The van der Waals surface area contributed by atoms with E-state index in [-0.39, 0.29) is 34.9 Å². The number of nitrogen functional groups attached to an aromatic ring is 1. The van der Waals surface area contributed by atoms with Crippen LogP contribution in [0.1, 0.15) is 30.0 Å². The molecule has 168 valence electrons. The molecule has 2 aromatic rings. The van der Waals surface area contributed by atoms with E-state index in [0.717, 1.165) is 0 Å². The lowest BCUT2D eigenvalue weighted by Crippen LogP contribution is -2.61. The highest BCUT2D eigenvalue weighted by Crippen LogP contribution is 2.26. The molecule has 0 aromatic heterocycles. The summed E-state index contributed by atoms with van der Waals surface area (Å²) in [7, 11) is 1.37. The molecule has 31 heavy (non-hydrogen) atoms. The monoisotopic (exact) mass is 436 g/mol. The Labute approximate surface area is 178 Å². The second-order valence-electron chi connectivity index (χ2n) is 7.08. The number of alkyl halides is 2. The van der Waals surface area contributed by atoms with Crippen LogP contribution in [-0.2, 0) is 11.4 Å². The van der Waals surface area contributed by atoms with Crippen LogP contribution in [0, 0.1) is 0 Å². The van der Waals surface area contributed by atoms with E-state index in [1.165, 1.54) is 44.3 Å². The van der Waals surface area contributed by atoms with Crippen molar-refractivity contribution >= 4 is 17.3 Å². The molecule has 8 nitrogen and oxygen atoms in total. The number of amides is 1. The minimum absolute atomic E-state index is 0.0868. The summed E-state index contributed by atoms with van der Waals surface area (Å²) in [6, 6.07) is 10.5. The summed E-state index contributed by atoms with van der Waals surface area (Å²) in [6.07, 6.45) is -4.16. The van der Waals surface area contributed by atoms with Gasteiger partial charge in [0.15, 0.2) is 0 Å². The number of benzene rings is 2. The number of rotatable bonds is 9. The number of hydrogen-bond donors (Lipinski definition) is 5. The van der Waals surface area contributed by atoms with E-state index in [4.69, 9.17) is 16.2 Å². The van der Waals surface area contributed by atoms with Gasteiger partial charge < -0.3 is 31.7 Å². The molecule has 0 spiro atoms. The predicted octanol–water partition coefficient (Wildman–Crippen LogP) is 1.35. The minimum Gasteiger partial charge on any atom is -0.489 e. The Balaban J connectivity index is 2.26. The van der Waals surface area contributed by atoms with Crippen LogP contribution in [0.2, 0.25) is 0 Å². The van der Waals surface area contributed by atoms with Crippen molar-refractivity contribution in [1.29, 1.82) is 0 Å². The lowest BCUT2D eigenvalue weighted by Gasteiger charge is -2.31. The minimum atomic E-state index is -2.64. The number of nitrogens with one attached hydrogen (secondary N) is 1. The van der Waals surface area contributed by atoms with E-state index < -0.39 is 30.7 Å². The van der Waals surface area contributed by atoms with Gasteiger partial charge >= 0.3 is 0 Å². The molecule has 0 fully saturated rings. The third kappa shape index (κ3) is 5.75. The van der Waals surface area contributed by atoms with Gasteiger partial charge in [0.25, 0.3) is 12.3 Å². The van der Waals surface area contributed by atoms with Gasteiger partial charge in [0, 0.05) is 23.9 Å².